The number of benzene rings is 1. The minimum absolute atomic E-state index is 0. The highest BCUT2D eigenvalue weighted by Crippen LogP contribution is 2.14. The van der Waals surface area contributed by atoms with Gasteiger partial charge in [0.15, 0.2) is 5.96 Å². The molecule has 130 valence electrons. The predicted molar refractivity (Wildman–Crippen MR) is 103 cm³/mol. The number of ether oxygens (including phenoxy) is 1. The second-order valence-corrected chi connectivity index (χ2v) is 5.49. The first-order chi connectivity index (χ1) is 10.8. The molecular weight excluding hydrogens is 408 g/mol. The molecule has 1 fully saturated rings. The summed E-state index contributed by atoms with van der Waals surface area (Å²) in [5, 5.41) is 6.52. The Morgan fingerprint density at radius 1 is 1.39 bits per heavy atom. The van der Waals surface area contributed by atoms with E-state index in [2.05, 4.69) is 15.6 Å². The summed E-state index contributed by atoms with van der Waals surface area (Å²) in [5.41, 5.74) is 0.989. The molecule has 2 rings (SSSR count). The van der Waals surface area contributed by atoms with Gasteiger partial charge < -0.3 is 15.4 Å². The van der Waals surface area contributed by atoms with Gasteiger partial charge in [0, 0.05) is 26.2 Å². The summed E-state index contributed by atoms with van der Waals surface area (Å²) >= 11 is 0. The van der Waals surface area contributed by atoms with E-state index in [1.54, 1.807) is 12.1 Å². The summed E-state index contributed by atoms with van der Waals surface area (Å²) in [6.07, 6.45) is 4.44. The lowest BCUT2D eigenvalue weighted by Gasteiger charge is -2.12. The van der Waals surface area contributed by atoms with Crippen molar-refractivity contribution in [2.24, 2.45) is 4.99 Å². The van der Waals surface area contributed by atoms with Gasteiger partial charge in [-0.25, -0.2) is 4.39 Å². The molecule has 1 aliphatic rings. The third-order valence-corrected chi connectivity index (χ3v) is 3.68. The summed E-state index contributed by atoms with van der Waals surface area (Å²) in [7, 11) is 0. The molecule has 1 unspecified atom stereocenters. The third kappa shape index (κ3) is 7.97. The van der Waals surface area contributed by atoms with Gasteiger partial charge in [0.25, 0.3) is 0 Å². The number of nitrogens with one attached hydrogen (secondary N) is 2. The average Bonchev–Trinajstić information content (AvgIpc) is 3.01. The van der Waals surface area contributed by atoms with Crippen molar-refractivity contribution in [1.82, 2.24) is 10.6 Å². The molecule has 1 saturated heterocycles. The largest absolute Gasteiger partial charge is 0.378 e. The van der Waals surface area contributed by atoms with Crippen molar-refractivity contribution >= 4 is 29.9 Å². The maximum Gasteiger partial charge on any atom is 0.191 e. The second-order valence-electron chi connectivity index (χ2n) is 5.49. The molecule has 0 bridgehead atoms. The fourth-order valence-electron chi connectivity index (χ4n) is 2.55. The zero-order chi connectivity index (χ0) is 15.6. The summed E-state index contributed by atoms with van der Waals surface area (Å²) in [4.78, 5) is 4.57. The molecule has 23 heavy (non-hydrogen) atoms. The van der Waals surface area contributed by atoms with Crippen LogP contribution in [0.25, 0.3) is 0 Å². The van der Waals surface area contributed by atoms with Crippen LogP contribution >= 0.6 is 24.0 Å². The Bertz CT molecular complexity index is 479. The maximum atomic E-state index is 13.1. The van der Waals surface area contributed by atoms with E-state index >= 15 is 0 Å². The Morgan fingerprint density at radius 3 is 2.96 bits per heavy atom. The Kier molecular flexibility index (Phi) is 10.2. The second kappa shape index (κ2) is 11.6. The molecular formula is C17H27FIN3O. The van der Waals surface area contributed by atoms with Crippen LogP contribution in [0.15, 0.2) is 29.3 Å². The molecule has 2 N–H and O–H groups in total. The van der Waals surface area contributed by atoms with Gasteiger partial charge in [-0.1, -0.05) is 12.1 Å². The minimum atomic E-state index is -0.186. The van der Waals surface area contributed by atoms with Crippen LogP contribution in [0.1, 0.15) is 31.7 Å². The molecule has 1 heterocycles. The van der Waals surface area contributed by atoms with E-state index in [-0.39, 0.29) is 29.8 Å². The van der Waals surface area contributed by atoms with Crippen molar-refractivity contribution in [3.8, 4) is 0 Å². The van der Waals surface area contributed by atoms with Crippen LogP contribution in [-0.4, -0.2) is 38.3 Å². The zero-order valence-corrected chi connectivity index (χ0v) is 16.0. The highest BCUT2D eigenvalue weighted by molar-refractivity contribution is 14.0. The van der Waals surface area contributed by atoms with Crippen molar-refractivity contribution in [2.75, 3.05) is 26.2 Å². The standard InChI is InChI=1S/C17H26FN3O.HI/c1-2-19-17(21-11-9-16-7-4-12-22-16)20-10-8-14-5-3-6-15(18)13-14;/h3,5-6,13,16H,2,4,7-12H2,1H3,(H2,19,20,21);1H. The van der Waals surface area contributed by atoms with E-state index in [0.717, 1.165) is 57.0 Å². The van der Waals surface area contributed by atoms with Crippen LogP contribution in [0.5, 0.6) is 0 Å². The first kappa shape index (κ1) is 20.2. The van der Waals surface area contributed by atoms with E-state index < -0.39 is 0 Å². The number of nitrogens with zero attached hydrogens (tertiary/aromatic N) is 1. The molecule has 1 aliphatic heterocycles. The van der Waals surface area contributed by atoms with Gasteiger partial charge in [-0.05, 0) is 50.3 Å². The van der Waals surface area contributed by atoms with Crippen molar-refractivity contribution in [1.29, 1.82) is 0 Å². The van der Waals surface area contributed by atoms with Gasteiger partial charge in [-0.15, -0.1) is 24.0 Å². The highest BCUT2D eigenvalue weighted by Gasteiger charge is 2.14. The maximum absolute atomic E-state index is 13.1. The Balaban J connectivity index is 0.00000264. The smallest absolute Gasteiger partial charge is 0.191 e. The Labute approximate surface area is 155 Å². The van der Waals surface area contributed by atoms with Gasteiger partial charge in [-0.3, -0.25) is 4.99 Å². The zero-order valence-electron chi connectivity index (χ0n) is 13.7. The number of aliphatic imine (C=N–C) groups is 1. The van der Waals surface area contributed by atoms with Crippen molar-refractivity contribution in [2.45, 2.75) is 38.7 Å². The Morgan fingerprint density at radius 2 is 2.26 bits per heavy atom. The highest BCUT2D eigenvalue weighted by atomic mass is 127. The van der Waals surface area contributed by atoms with Crippen molar-refractivity contribution < 1.29 is 9.13 Å². The fraction of sp³-hybridized carbons (Fsp3) is 0.588. The van der Waals surface area contributed by atoms with Crippen LogP contribution in [-0.2, 0) is 11.2 Å². The van der Waals surface area contributed by atoms with Gasteiger partial charge in [0.2, 0.25) is 0 Å². The van der Waals surface area contributed by atoms with Gasteiger partial charge in [-0.2, -0.15) is 0 Å². The number of guanidine groups is 1. The molecule has 0 radical (unpaired) electrons. The SMILES string of the molecule is CCNC(=NCCC1CCCO1)NCCc1cccc(F)c1.I. The quantitative estimate of drug-likeness (QED) is 0.393. The Hall–Kier alpha value is -0.890. The molecule has 6 heteroatoms. The van der Waals surface area contributed by atoms with Crippen LogP contribution in [0, 0.1) is 5.82 Å². The molecule has 1 aromatic carbocycles. The van der Waals surface area contributed by atoms with Crippen LogP contribution < -0.4 is 10.6 Å². The lowest BCUT2D eigenvalue weighted by Crippen LogP contribution is -2.38. The van der Waals surface area contributed by atoms with Crippen LogP contribution in [0.2, 0.25) is 0 Å². The monoisotopic (exact) mass is 435 g/mol. The summed E-state index contributed by atoms with van der Waals surface area (Å²) in [5.74, 6) is 0.631. The normalized spacial score (nSPS) is 17.7. The molecule has 4 nitrogen and oxygen atoms in total. The van der Waals surface area contributed by atoms with Crippen molar-refractivity contribution in [3.63, 3.8) is 0 Å². The molecule has 0 saturated carbocycles. The lowest BCUT2D eigenvalue weighted by molar-refractivity contribution is 0.106. The average molecular weight is 435 g/mol. The van der Waals surface area contributed by atoms with Gasteiger partial charge in [0.1, 0.15) is 5.82 Å². The summed E-state index contributed by atoms with van der Waals surface area (Å²) < 4.78 is 18.7. The lowest BCUT2D eigenvalue weighted by atomic mass is 10.1. The third-order valence-electron chi connectivity index (χ3n) is 3.68. The fourth-order valence-corrected chi connectivity index (χ4v) is 2.55. The van der Waals surface area contributed by atoms with E-state index in [0.29, 0.717) is 6.10 Å². The van der Waals surface area contributed by atoms with Gasteiger partial charge in [0.05, 0.1) is 6.10 Å². The number of rotatable bonds is 7. The molecule has 0 aromatic heterocycles. The molecule has 0 aliphatic carbocycles. The van der Waals surface area contributed by atoms with E-state index in [4.69, 9.17) is 4.74 Å². The number of hydrogen-bond donors (Lipinski definition) is 2. The summed E-state index contributed by atoms with van der Waals surface area (Å²) in [6.45, 7) is 5.26. The van der Waals surface area contributed by atoms with Crippen LogP contribution in [0.4, 0.5) is 4.39 Å². The first-order valence-electron chi connectivity index (χ1n) is 8.16. The minimum Gasteiger partial charge on any atom is -0.378 e. The number of halogens is 2. The number of hydrogen-bond acceptors (Lipinski definition) is 2. The predicted octanol–water partition coefficient (Wildman–Crippen LogP) is 3.11. The van der Waals surface area contributed by atoms with Crippen LogP contribution in [0.3, 0.4) is 0 Å². The summed E-state index contributed by atoms with van der Waals surface area (Å²) in [6, 6.07) is 6.72. The van der Waals surface area contributed by atoms with Crippen molar-refractivity contribution in [3.05, 3.63) is 35.6 Å². The topological polar surface area (TPSA) is 45.7 Å². The van der Waals surface area contributed by atoms with Gasteiger partial charge >= 0.3 is 0 Å². The van der Waals surface area contributed by atoms with E-state index in [9.17, 15) is 4.39 Å². The molecule has 0 amide bonds. The van der Waals surface area contributed by atoms with E-state index in [1.165, 1.54) is 12.5 Å². The molecule has 0 spiro atoms. The molecule has 1 atom stereocenters. The first-order valence-corrected chi connectivity index (χ1v) is 8.16. The van der Waals surface area contributed by atoms with E-state index in [1.807, 2.05) is 13.0 Å². The molecule has 1 aromatic rings.